The van der Waals surface area contributed by atoms with Crippen LogP contribution in [-0.2, 0) is 0 Å². The second kappa shape index (κ2) is 7.46. The van der Waals surface area contributed by atoms with Gasteiger partial charge in [-0.3, -0.25) is 0 Å². The molecular formula is C15H21N5O2. The molecule has 0 bridgehead atoms. The number of methoxy groups -OCH3 is 1. The van der Waals surface area contributed by atoms with Crippen LogP contribution >= 0.6 is 0 Å². The standard InChI is InChI=1S/C15H21N5O2/c1-3-20(8-9-21)15-13(16)14(17-10-18-15)19-11-6-4-5-7-12(11)22-2/h4-7,10,21H,3,8-9,16H2,1-2H3,(H,17,18,19). The number of aliphatic hydroxyl groups excluding tert-OH is 1. The zero-order valence-corrected chi connectivity index (χ0v) is 12.8. The average molecular weight is 303 g/mol. The lowest BCUT2D eigenvalue weighted by Gasteiger charge is -2.23. The molecule has 7 heteroatoms. The summed E-state index contributed by atoms with van der Waals surface area (Å²) < 4.78 is 5.30. The maximum atomic E-state index is 9.13. The molecule has 0 atom stereocenters. The molecule has 118 valence electrons. The maximum absolute atomic E-state index is 9.13. The van der Waals surface area contributed by atoms with Crippen LogP contribution in [0.3, 0.4) is 0 Å². The van der Waals surface area contributed by atoms with Crippen LogP contribution in [0.4, 0.5) is 23.0 Å². The van der Waals surface area contributed by atoms with E-state index in [9.17, 15) is 0 Å². The Labute approximate surface area is 129 Å². The highest BCUT2D eigenvalue weighted by atomic mass is 16.5. The molecule has 22 heavy (non-hydrogen) atoms. The van der Waals surface area contributed by atoms with Crippen LogP contribution < -0.4 is 20.7 Å². The predicted molar refractivity (Wildman–Crippen MR) is 87.7 cm³/mol. The number of hydrogen-bond donors (Lipinski definition) is 3. The molecule has 1 aromatic carbocycles. The van der Waals surface area contributed by atoms with E-state index in [4.69, 9.17) is 15.6 Å². The van der Waals surface area contributed by atoms with Gasteiger partial charge in [0, 0.05) is 13.1 Å². The number of likely N-dealkylation sites (N-methyl/N-ethyl adjacent to an activating group) is 1. The van der Waals surface area contributed by atoms with E-state index in [0.717, 1.165) is 5.69 Å². The highest BCUT2D eigenvalue weighted by Crippen LogP contribution is 2.31. The zero-order chi connectivity index (χ0) is 15.9. The fourth-order valence-corrected chi connectivity index (χ4v) is 2.15. The molecule has 0 saturated heterocycles. The van der Waals surface area contributed by atoms with E-state index in [2.05, 4.69) is 15.3 Å². The summed E-state index contributed by atoms with van der Waals surface area (Å²) in [6, 6.07) is 7.52. The van der Waals surface area contributed by atoms with Crippen molar-refractivity contribution in [1.82, 2.24) is 9.97 Å². The van der Waals surface area contributed by atoms with Crippen molar-refractivity contribution in [3.05, 3.63) is 30.6 Å². The van der Waals surface area contributed by atoms with Gasteiger partial charge in [-0.25, -0.2) is 9.97 Å². The van der Waals surface area contributed by atoms with Gasteiger partial charge in [0.05, 0.1) is 19.4 Å². The third-order valence-electron chi connectivity index (χ3n) is 3.27. The van der Waals surface area contributed by atoms with Gasteiger partial charge >= 0.3 is 0 Å². The molecule has 2 aromatic rings. The Morgan fingerprint density at radius 3 is 2.77 bits per heavy atom. The van der Waals surface area contributed by atoms with Crippen molar-refractivity contribution in [3.8, 4) is 5.75 Å². The fourth-order valence-electron chi connectivity index (χ4n) is 2.15. The van der Waals surface area contributed by atoms with E-state index < -0.39 is 0 Å². The smallest absolute Gasteiger partial charge is 0.159 e. The van der Waals surface area contributed by atoms with Crippen LogP contribution in [0, 0.1) is 0 Å². The van der Waals surface area contributed by atoms with Crippen LogP contribution in [0.25, 0.3) is 0 Å². The van der Waals surface area contributed by atoms with Gasteiger partial charge in [0.2, 0.25) is 0 Å². The lowest BCUT2D eigenvalue weighted by atomic mass is 10.3. The molecule has 1 aromatic heterocycles. The number of aromatic nitrogens is 2. The Hall–Kier alpha value is -2.54. The monoisotopic (exact) mass is 303 g/mol. The molecule has 1 heterocycles. The minimum absolute atomic E-state index is 0.0343. The van der Waals surface area contributed by atoms with Crippen molar-refractivity contribution in [2.75, 3.05) is 42.8 Å². The van der Waals surface area contributed by atoms with E-state index >= 15 is 0 Å². The highest BCUT2D eigenvalue weighted by molar-refractivity contribution is 5.79. The molecule has 0 unspecified atom stereocenters. The number of hydrogen-bond acceptors (Lipinski definition) is 7. The van der Waals surface area contributed by atoms with Crippen LogP contribution in [0.1, 0.15) is 6.92 Å². The summed E-state index contributed by atoms with van der Waals surface area (Å²) in [6.07, 6.45) is 1.45. The Morgan fingerprint density at radius 2 is 2.09 bits per heavy atom. The lowest BCUT2D eigenvalue weighted by molar-refractivity contribution is 0.302. The maximum Gasteiger partial charge on any atom is 0.159 e. The van der Waals surface area contributed by atoms with Gasteiger partial charge in [-0.1, -0.05) is 12.1 Å². The summed E-state index contributed by atoms with van der Waals surface area (Å²) in [4.78, 5) is 10.3. The summed E-state index contributed by atoms with van der Waals surface area (Å²) in [6.45, 7) is 3.17. The van der Waals surface area contributed by atoms with Gasteiger partial charge in [-0.2, -0.15) is 0 Å². The topological polar surface area (TPSA) is 96.5 Å². The molecule has 0 aliphatic carbocycles. The molecule has 0 aliphatic heterocycles. The largest absolute Gasteiger partial charge is 0.495 e. The number of benzene rings is 1. The van der Waals surface area contributed by atoms with Crippen molar-refractivity contribution < 1.29 is 9.84 Å². The number of nitrogens with two attached hydrogens (primary N) is 1. The van der Waals surface area contributed by atoms with E-state index in [-0.39, 0.29) is 6.61 Å². The van der Waals surface area contributed by atoms with Crippen molar-refractivity contribution in [3.63, 3.8) is 0 Å². The minimum Gasteiger partial charge on any atom is -0.495 e. The van der Waals surface area contributed by atoms with Gasteiger partial charge in [0.25, 0.3) is 0 Å². The summed E-state index contributed by atoms with van der Waals surface area (Å²) in [5, 5.41) is 12.3. The summed E-state index contributed by atoms with van der Waals surface area (Å²) in [7, 11) is 1.61. The van der Waals surface area contributed by atoms with Crippen LogP contribution in [0.5, 0.6) is 5.75 Å². The Bertz CT molecular complexity index is 621. The van der Waals surface area contributed by atoms with Crippen molar-refractivity contribution in [1.29, 1.82) is 0 Å². The number of anilines is 4. The number of nitrogen functional groups attached to an aromatic ring is 1. The van der Waals surface area contributed by atoms with Gasteiger partial charge in [0.1, 0.15) is 17.8 Å². The summed E-state index contributed by atoms with van der Waals surface area (Å²) >= 11 is 0. The van der Waals surface area contributed by atoms with Gasteiger partial charge in [-0.05, 0) is 19.1 Å². The molecule has 2 rings (SSSR count). The normalized spacial score (nSPS) is 10.3. The summed E-state index contributed by atoms with van der Waals surface area (Å²) in [5.41, 5.74) is 7.38. The molecule has 0 radical (unpaired) electrons. The fraction of sp³-hybridized carbons (Fsp3) is 0.333. The number of aliphatic hydroxyl groups is 1. The zero-order valence-electron chi connectivity index (χ0n) is 12.8. The summed E-state index contributed by atoms with van der Waals surface area (Å²) in [5.74, 6) is 1.81. The molecule has 0 fully saturated rings. The van der Waals surface area contributed by atoms with E-state index in [0.29, 0.717) is 36.2 Å². The van der Waals surface area contributed by atoms with Crippen LogP contribution in [0.2, 0.25) is 0 Å². The number of nitrogens with one attached hydrogen (secondary N) is 1. The minimum atomic E-state index is 0.0343. The van der Waals surface area contributed by atoms with E-state index in [1.54, 1.807) is 7.11 Å². The molecule has 4 N–H and O–H groups in total. The molecule has 0 aliphatic rings. The first-order valence-corrected chi connectivity index (χ1v) is 7.07. The van der Waals surface area contributed by atoms with Crippen molar-refractivity contribution in [2.45, 2.75) is 6.92 Å². The van der Waals surface area contributed by atoms with Gasteiger partial charge in [-0.15, -0.1) is 0 Å². The van der Waals surface area contributed by atoms with Gasteiger partial charge in [0.15, 0.2) is 11.6 Å². The van der Waals surface area contributed by atoms with Crippen LogP contribution in [0.15, 0.2) is 30.6 Å². The first-order chi connectivity index (χ1) is 10.7. The molecule has 0 saturated carbocycles. The SMILES string of the molecule is CCN(CCO)c1ncnc(Nc2ccccc2OC)c1N. The predicted octanol–water partition coefficient (Wildman–Crippen LogP) is 1.63. The molecule has 0 amide bonds. The number of para-hydroxylation sites is 2. The van der Waals surface area contributed by atoms with Crippen molar-refractivity contribution in [2.24, 2.45) is 0 Å². The third-order valence-corrected chi connectivity index (χ3v) is 3.27. The number of ether oxygens (including phenoxy) is 1. The second-order valence-corrected chi connectivity index (χ2v) is 4.59. The quantitative estimate of drug-likeness (QED) is 0.715. The molecule has 7 nitrogen and oxygen atoms in total. The Balaban J connectivity index is 2.32. The lowest BCUT2D eigenvalue weighted by Crippen LogP contribution is -2.28. The average Bonchev–Trinajstić information content (AvgIpc) is 2.55. The Kier molecular flexibility index (Phi) is 5.37. The van der Waals surface area contributed by atoms with Crippen LogP contribution in [-0.4, -0.2) is 41.9 Å². The number of rotatable bonds is 7. The Morgan fingerprint density at radius 1 is 1.32 bits per heavy atom. The molecule has 0 spiro atoms. The second-order valence-electron chi connectivity index (χ2n) is 4.59. The van der Waals surface area contributed by atoms with E-state index in [1.807, 2.05) is 36.1 Å². The highest BCUT2D eigenvalue weighted by Gasteiger charge is 2.14. The first kappa shape index (κ1) is 15.8. The van der Waals surface area contributed by atoms with Gasteiger partial charge < -0.3 is 25.8 Å². The third kappa shape index (κ3) is 3.37. The number of nitrogens with zero attached hydrogens (tertiary/aromatic N) is 3. The first-order valence-electron chi connectivity index (χ1n) is 7.07. The van der Waals surface area contributed by atoms with Crippen molar-refractivity contribution >= 4 is 23.0 Å². The van der Waals surface area contributed by atoms with E-state index in [1.165, 1.54) is 6.33 Å². The molecular weight excluding hydrogens is 282 g/mol.